The van der Waals surface area contributed by atoms with Gasteiger partial charge in [0.15, 0.2) is 0 Å². The summed E-state index contributed by atoms with van der Waals surface area (Å²) in [5.74, 6) is 0. The second-order valence-corrected chi connectivity index (χ2v) is 7.57. The van der Waals surface area contributed by atoms with Crippen LogP contribution >= 0.6 is 0 Å². The number of benzene rings is 3. The molecule has 1 aliphatic heterocycles. The van der Waals surface area contributed by atoms with E-state index in [1.165, 1.54) is 0 Å². The first kappa shape index (κ1) is 18.6. The molecule has 3 aromatic rings. The Labute approximate surface area is 167 Å². The van der Waals surface area contributed by atoms with E-state index in [-0.39, 0.29) is 0 Å². The van der Waals surface area contributed by atoms with Gasteiger partial charge in [-0.15, -0.1) is 0 Å². The Hall–Kier alpha value is -2.75. The van der Waals surface area contributed by atoms with Crippen molar-refractivity contribution in [2.75, 3.05) is 20.1 Å². The van der Waals surface area contributed by atoms with Crippen LogP contribution in [0, 0.1) is 0 Å². The summed E-state index contributed by atoms with van der Waals surface area (Å²) in [6.07, 6.45) is 1.54. The molecule has 0 spiro atoms. The first-order valence-electron chi connectivity index (χ1n) is 9.85. The summed E-state index contributed by atoms with van der Waals surface area (Å²) in [7, 11) is 2.10. The molecule has 0 atom stereocenters. The van der Waals surface area contributed by atoms with E-state index in [4.69, 9.17) is 4.99 Å². The fourth-order valence-corrected chi connectivity index (χ4v) is 3.74. The lowest BCUT2D eigenvalue weighted by atomic mass is 9.84. The summed E-state index contributed by atoms with van der Waals surface area (Å²) in [4.78, 5) is 7.21. The van der Waals surface area contributed by atoms with Gasteiger partial charge >= 0.3 is 0 Å². The maximum Gasteiger partial charge on any atom is 0.0920 e. The molecular weight excluding hydrogens is 344 g/mol. The summed E-state index contributed by atoms with van der Waals surface area (Å²) in [5.41, 5.74) is 4.28. The van der Waals surface area contributed by atoms with E-state index >= 15 is 0 Å². The van der Waals surface area contributed by atoms with E-state index in [0.717, 1.165) is 54.0 Å². The van der Waals surface area contributed by atoms with Crippen molar-refractivity contribution in [2.45, 2.75) is 18.4 Å². The number of hydrogen-bond acceptors (Lipinski definition) is 3. The Morgan fingerprint density at radius 3 is 1.79 bits per heavy atom. The van der Waals surface area contributed by atoms with Gasteiger partial charge in [0, 0.05) is 24.2 Å². The normalized spacial score (nSPS) is 16.5. The Bertz CT molecular complexity index is 884. The number of nitrogens with zero attached hydrogens (tertiary/aromatic N) is 2. The smallest absolute Gasteiger partial charge is 0.0920 e. The standard InChI is InChI=1S/C25H26N2O/c1-27-18-16-25(28,17-19-27)22-12-14-23(15-13-22)26-24(20-8-4-2-5-9-20)21-10-6-3-7-11-21/h2-15,28H,16-19H2,1H3. The quantitative estimate of drug-likeness (QED) is 0.672. The van der Waals surface area contributed by atoms with Crippen LogP contribution < -0.4 is 0 Å². The molecule has 142 valence electrons. The highest BCUT2D eigenvalue weighted by Crippen LogP contribution is 2.33. The van der Waals surface area contributed by atoms with Gasteiger partial charge in [0.2, 0.25) is 0 Å². The lowest BCUT2D eigenvalue weighted by Crippen LogP contribution is -2.40. The van der Waals surface area contributed by atoms with Crippen molar-refractivity contribution in [1.29, 1.82) is 0 Å². The largest absolute Gasteiger partial charge is 0.385 e. The number of piperidine rings is 1. The number of aliphatic imine (C=N–C) groups is 1. The number of rotatable bonds is 4. The predicted molar refractivity (Wildman–Crippen MR) is 115 cm³/mol. The van der Waals surface area contributed by atoms with Crippen molar-refractivity contribution in [1.82, 2.24) is 4.90 Å². The average Bonchev–Trinajstić information content (AvgIpc) is 2.76. The molecule has 1 heterocycles. The first-order valence-corrected chi connectivity index (χ1v) is 9.85. The van der Waals surface area contributed by atoms with E-state index in [0.29, 0.717) is 0 Å². The SMILES string of the molecule is CN1CCC(O)(c2ccc(N=C(c3ccccc3)c3ccccc3)cc2)CC1. The van der Waals surface area contributed by atoms with Gasteiger partial charge in [-0.1, -0.05) is 72.8 Å². The van der Waals surface area contributed by atoms with Gasteiger partial charge in [-0.05, 0) is 37.6 Å². The third-order valence-corrected chi connectivity index (χ3v) is 5.55. The molecule has 0 unspecified atom stereocenters. The van der Waals surface area contributed by atoms with Gasteiger partial charge in [0.25, 0.3) is 0 Å². The van der Waals surface area contributed by atoms with Gasteiger partial charge in [-0.25, -0.2) is 4.99 Å². The summed E-state index contributed by atoms with van der Waals surface area (Å²) >= 11 is 0. The van der Waals surface area contributed by atoms with Crippen LogP contribution in [0.5, 0.6) is 0 Å². The molecular formula is C25H26N2O. The van der Waals surface area contributed by atoms with Crippen LogP contribution in [0.15, 0.2) is 89.9 Å². The molecule has 3 aromatic carbocycles. The van der Waals surface area contributed by atoms with E-state index in [9.17, 15) is 5.11 Å². The van der Waals surface area contributed by atoms with Gasteiger partial charge in [-0.3, -0.25) is 0 Å². The summed E-state index contributed by atoms with van der Waals surface area (Å²) in [6.45, 7) is 1.84. The maximum absolute atomic E-state index is 11.0. The van der Waals surface area contributed by atoms with Crippen molar-refractivity contribution >= 4 is 11.4 Å². The molecule has 0 aromatic heterocycles. The molecule has 0 radical (unpaired) electrons. The third-order valence-electron chi connectivity index (χ3n) is 5.55. The minimum absolute atomic E-state index is 0.726. The van der Waals surface area contributed by atoms with Crippen LogP contribution in [0.25, 0.3) is 0 Å². The number of hydrogen-bond donors (Lipinski definition) is 1. The Morgan fingerprint density at radius 1 is 0.786 bits per heavy atom. The zero-order valence-corrected chi connectivity index (χ0v) is 16.3. The first-order chi connectivity index (χ1) is 13.6. The average molecular weight is 370 g/mol. The predicted octanol–water partition coefficient (Wildman–Crippen LogP) is 4.77. The minimum atomic E-state index is -0.726. The molecule has 0 amide bonds. The van der Waals surface area contributed by atoms with Crippen LogP contribution in [0.3, 0.4) is 0 Å². The zero-order chi connectivity index (χ0) is 19.4. The van der Waals surface area contributed by atoms with Gasteiger partial charge in [0.1, 0.15) is 0 Å². The van der Waals surface area contributed by atoms with E-state index < -0.39 is 5.60 Å². The van der Waals surface area contributed by atoms with Crippen molar-refractivity contribution < 1.29 is 5.11 Å². The second kappa shape index (κ2) is 8.09. The Morgan fingerprint density at radius 2 is 1.29 bits per heavy atom. The highest BCUT2D eigenvalue weighted by Gasteiger charge is 2.32. The van der Waals surface area contributed by atoms with Gasteiger partial charge in [-0.2, -0.15) is 0 Å². The highest BCUT2D eigenvalue weighted by atomic mass is 16.3. The molecule has 1 saturated heterocycles. The fraction of sp³-hybridized carbons (Fsp3) is 0.240. The highest BCUT2D eigenvalue weighted by molar-refractivity contribution is 6.13. The minimum Gasteiger partial charge on any atom is -0.385 e. The third kappa shape index (κ3) is 4.06. The lowest BCUT2D eigenvalue weighted by Gasteiger charge is -2.36. The number of likely N-dealkylation sites (tertiary alicyclic amines) is 1. The van der Waals surface area contributed by atoms with Crippen molar-refractivity contribution in [3.63, 3.8) is 0 Å². The van der Waals surface area contributed by atoms with Gasteiger partial charge < -0.3 is 10.0 Å². The molecule has 1 aliphatic rings. The Balaban J connectivity index is 1.66. The van der Waals surface area contributed by atoms with Crippen LogP contribution in [-0.4, -0.2) is 35.9 Å². The Kier molecular flexibility index (Phi) is 5.38. The molecule has 28 heavy (non-hydrogen) atoms. The van der Waals surface area contributed by atoms with Crippen LogP contribution in [0.2, 0.25) is 0 Å². The fourth-order valence-electron chi connectivity index (χ4n) is 3.74. The van der Waals surface area contributed by atoms with Gasteiger partial charge in [0.05, 0.1) is 17.0 Å². The summed E-state index contributed by atoms with van der Waals surface area (Å²) in [5, 5.41) is 11.0. The molecule has 4 rings (SSSR count). The molecule has 0 saturated carbocycles. The summed E-state index contributed by atoms with van der Waals surface area (Å²) in [6, 6.07) is 28.6. The van der Waals surface area contributed by atoms with Crippen molar-refractivity contribution in [2.24, 2.45) is 4.99 Å². The monoisotopic (exact) mass is 370 g/mol. The van der Waals surface area contributed by atoms with Crippen LogP contribution in [-0.2, 0) is 5.60 Å². The zero-order valence-electron chi connectivity index (χ0n) is 16.3. The summed E-state index contributed by atoms with van der Waals surface area (Å²) < 4.78 is 0. The molecule has 1 fully saturated rings. The lowest BCUT2D eigenvalue weighted by molar-refractivity contribution is -0.0203. The van der Waals surface area contributed by atoms with E-state index in [1.54, 1.807) is 0 Å². The maximum atomic E-state index is 11.0. The van der Waals surface area contributed by atoms with E-state index in [1.807, 2.05) is 60.7 Å². The van der Waals surface area contributed by atoms with Crippen molar-refractivity contribution in [3.8, 4) is 0 Å². The van der Waals surface area contributed by atoms with E-state index in [2.05, 4.69) is 36.2 Å². The molecule has 1 N–H and O–H groups in total. The molecule has 3 heteroatoms. The molecule has 3 nitrogen and oxygen atoms in total. The van der Waals surface area contributed by atoms with Crippen molar-refractivity contribution in [3.05, 3.63) is 102 Å². The van der Waals surface area contributed by atoms with Crippen LogP contribution in [0.4, 0.5) is 5.69 Å². The van der Waals surface area contributed by atoms with Crippen LogP contribution in [0.1, 0.15) is 29.5 Å². The molecule has 0 bridgehead atoms. The second-order valence-electron chi connectivity index (χ2n) is 7.57. The molecule has 0 aliphatic carbocycles. The topological polar surface area (TPSA) is 35.8 Å². The number of aliphatic hydroxyl groups is 1.